The Bertz CT molecular complexity index is 436. The molecule has 0 heterocycles. The number of urea groups is 1. The molecule has 0 aliphatic rings. The first-order valence-electron chi connectivity index (χ1n) is 5.18. The quantitative estimate of drug-likeness (QED) is 0.772. The molecular formula is C12H16N2O3. The molecule has 3 N–H and O–H groups in total. The van der Waals surface area contributed by atoms with E-state index in [2.05, 4.69) is 5.32 Å². The molecule has 0 fully saturated rings. The maximum Gasteiger partial charge on any atom is 0.338 e. The van der Waals surface area contributed by atoms with Crippen molar-refractivity contribution in [1.29, 1.82) is 0 Å². The lowest BCUT2D eigenvalue weighted by Gasteiger charge is -2.19. The summed E-state index contributed by atoms with van der Waals surface area (Å²) in [6.45, 7) is 5.36. The first-order valence-corrected chi connectivity index (χ1v) is 5.18. The van der Waals surface area contributed by atoms with Crippen LogP contribution in [-0.4, -0.2) is 17.6 Å². The van der Waals surface area contributed by atoms with Crippen LogP contribution in [0.25, 0.3) is 0 Å². The van der Waals surface area contributed by atoms with Gasteiger partial charge in [-0.05, 0) is 39.0 Å². The number of nitrogens with one attached hydrogen (secondary N) is 1. The Hall–Kier alpha value is -2.04. The Morgan fingerprint density at radius 1 is 1.29 bits per heavy atom. The van der Waals surface area contributed by atoms with Gasteiger partial charge in [0.25, 0.3) is 0 Å². The summed E-state index contributed by atoms with van der Waals surface area (Å²) < 4.78 is 5.20. The van der Waals surface area contributed by atoms with E-state index >= 15 is 0 Å². The number of anilines is 1. The van der Waals surface area contributed by atoms with Crippen LogP contribution in [-0.2, 0) is 4.74 Å². The fraction of sp³-hybridized carbons (Fsp3) is 0.333. The predicted octanol–water partition coefficient (Wildman–Crippen LogP) is 2.13. The minimum atomic E-state index is -0.675. The third-order valence-corrected chi connectivity index (χ3v) is 1.76. The highest BCUT2D eigenvalue weighted by molar-refractivity contribution is 5.93. The predicted molar refractivity (Wildman–Crippen MR) is 64.8 cm³/mol. The SMILES string of the molecule is CC(C)(C)OC(=O)c1cccc(NC(N)=O)c1. The topological polar surface area (TPSA) is 81.4 Å². The number of benzene rings is 1. The zero-order valence-electron chi connectivity index (χ0n) is 10.1. The lowest BCUT2D eigenvalue weighted by Crippen LogP contribution is -2.24. The van der Waals surface area contributed by atoms with E-state index in [-0.39, 0.29) is 0 Å². The summed E-state index contributed by atoms with van der Waals surface area (Å²) in [4.78, 5) is 22.4. The average Bonchev–Trinajstić information content (AvgIpc) is 2.14. The van der Waals surface area contributed by atoms with E-state index in [1.54, 1.807) is 39.0 Å². The van der Waals surface area contributed by atoms with Crippen LogP contribution in [0.4, 0.5) is 10.5 Å². The third kappa shape index (κ3) is 4.55. The molecule has 0 saturated heterocycles. The molecule has 0 saturated carbocycles. The van der Waals surface area contributed by atoms with Gasteiger partial charge in [0.15, 0.2) is 0 Å². The van der Waals surface area contributed by atoms with E-state index in [1.807, 2.05) is 0 Å². The average molecular weight is 236 g/mol. The maximum absolute atomic E-state index is 11.7. The Balaban J connectivity index is 2.84. The molecule has 17 heavy (non-hydrogen) atoms. The van der Waals surface area contributed by atoms with Crippen LogP contribution in [0.3, 0.4) is 0 Å². The monoisotopic (exact) mass is 236 g/mol. The van der Waals surface area contributed by atoms with Crippen molar-refractivity contribution in [2.24, 2.45) is 5.73 Å². The number of esters is 1. The maximum atomic E-state index is 11.7. The van der Waals surface area contributed by atoms with Gasteiger partial charge in [-0.1, -0.05) is 6.07 Å². The van der Waals surface area contributed by atoms with Gasteiger partial charge in [-0.25, -0.2) is 9.59 Å². The second-order valence-corrected chi connectivity index (χ2v) is 4.57. The van der Waals surface area contributed by atoms with Crippen molar-refractivity contribution in [2.45, 2.75) is 26.4 Å². The van der Waals surface area contributed by atoms with Crippen molar-refractivity contribution in [3.05, 3.63) is 29.8 Å². The second kappa shape index (κ2) is 4.86. The van der Waals surface area contributed by atoms with Crippen LogP contribution in [0.15, 0.2) is 24.3 Å². The number of rotatable bonds is 2. The van der Waals surface area contributed by atoms with Gasteiger partial charge < -0.3 is 15.8 Å². The number of hydrogen-bond donors (Lipinski definition) is 2. The fourth-order valence-corrected chi connectivity index (χ4v) is 1.20. The van der Waals surface area contributed by atoms with Gasteiger partial charge in [0.2, 0.25) is 0 Å². The van der Waals surface area contributed by atoms with E-state index in [1.165, 1.54) is 6.07 Å². The lowest BCUT2D eigenvalue weighted by atomic mass is 10.1. The molecule has 1 aromatic rings. The standard InChI is InChI=1S/C12H16N2O3/c1-12(2,3)17-10(15)8-5-4-6-9(7-8)14-11(13)16/h4-7H,1-3H3,(H3,13,14,16). The molecule has 0 aliphatic heterocycles. The summed E-state index contributed by atoms with van der Waals surface area (Å²) in [5, 5.41) is 2.39. The number of ether oxygens (including phenoxy) is 1. The van der Waals surface area contributed by atoms with Gasteiger partial charge in [0.05, 0.1) is 5.56 Å². The highest BCUT2D eigenvalue weighted by Crippen LogP contribution is 2.15. The Kier molecular flexibility index (Phi) is 3.73. The zero-order valence-corrected chi connectivity index (χ0v) is 10.1. The van der Waals surface area contributed by atoms with Crippen LogP contribution < -0.4 is 11.1 Å². The molecule has 0 atom stereocenters. The summed E-state index contributed by atoms with van der Waals surface area (Å²) in [7, 11) is 0. The van der Waals surface area contributed by atoms with E-state index < -0.39 is 17.6 Å². The van der Waals surface area contributed by atoms with Crippen molar-refractivity contribution < 1.29 is 14.3 Å². The van der Waals surface area contributed by atoms with Gasteiger partial charge in [-0.2, -0.15) is 0 Å². The van der Waals surface area contributed by atoms with E-state index in [4.69, 9.17) is 10.5 Å². The largest absolute Gasteiger partial charge is 0.456 e. The summed E-state index contributed by atoms with van der Waals surface area (Å²) in [6.07, 6.45) is 0. The van der Waals surface area contributed by atoms with Crippen LogP contribution >= 0.6 is 0 Å². The van der Waals surface area contributed by atoms with Crippen molar-refractivity contribution in [3.8, 4) is 0 Å². The number of amides is 2. The number of primary amides is 1. The lowest BCUT2D eigenvalue weighted by molar-refractivity contribution is 0.00695. The molecule has 2 amide bonds. The highest BCUT2D eigenvalue weighted by atomic mass is 16.6. The van der Waals surface area contributed by atoms with Gasteiger partial charge in [0, 0.05) is 5.69 Å². The number of carbonyl (C=O) groups is 2. The van der Waals surface area contributed by atoms with Crippen molar-refractivity contribution >= 4 is 17.7 Å². The minimum Gasteiger partial charge on any atom is -0.456 e. The third-order valence-electron chi connectivity index (χ3n) is 1.76. The first-order chi connectivity index (χ1) is 7.78. The smallest absolute Gasteiger partial charge is 0.338 e. The van der Waals surface area contributed by atoms with Crippen molar-refractivity contribution in [1.82, 2.24) is 0 Å². The molecule has 0 radical (unpaired) electrons. The van der Waals surface area contributed by atoms with Crippen molar-refractivity contribution in [2.75, 3.05) is 5.32 Å². The molecule has 1 rings (SSSR count). The molecule has 0 unspecified atom stereocenters. The molecular weight excluding hydrogens is 220 g/mol. The summed E-state index contributed by atoms with van der Waals surface area (Å²) >= 11 is 0. The van der Waals surface area contributed by atoms with Crippen LogP contribution in [0.1, 0.15) is 31.1 Å². The molecule has 0 bridgehead atoms. The van der Waals surface area contributed by atoms with Gasteiger partial charge in [-0.15, -0.1) is 0 Å². The highest BCUT2D eigenvalue weighted by Gasteiger charge is 2.17. The van der Waals surface area contributed by atoms with Crippen LogP contribution in [0.5, 0.6) is 0 Å². The van der Waals surface area contributed by atoms with E-state index in [0.29, 0.717) is 11.3 Å². The molecule has 5 nitrogen and oxygen atoms in total. The normalized spacial score (nSPS) is 10.8. The molecule has 0 aliphatic carbocycles. The fourth-order valence-electron chi connectivity index (χ4n) is 1.20. The number of nitrogens with two attached hydrogens (primary N) is 1. The Morgan fingerprint density at radius 3 is 2.47 bits per heavy atom. The van der Waals surface area contributed by atoms with Crippen molar-refractivity contribution in [3.63, 3.8) is 0 Å². The number of carbonyl (C=O) groups excluding carboxylic acids is 2. The zero-order chi connectivity index (χ0) is 13.1. The second-order valence-electron chi connectivity index (χ2n) is 4.57. The summed E-state index contributed by atoms with van der Waals surface area (Å²) in [5.74, 6) is -0.439. The van der Waals surface area contributed by atoms with E-state index in [0.717, 1.165) is 0 Å². The van der Waals surface area contributed by atoms with Gasteiger partial charge >= 0.3 is 12.0 Å². The molecule has 0 spiro atoms. The molecule has 0 aromatic heterocycles. The number of hydrogen-bond acceptors (Lipinski definition) is 3. The molecule has 92 valence electrons. The van der Waals surface area contributed by atoms with Crippen LogP contribution in [0.2, 0.25) is 0 Å². The summed E-state index contributed by atoms with van der Waals surface area (Å²) in [5.41, 5.74) is 5.26. The minimum absolute atomic E-state index is 0.367. The molecule has 1 aromatic carbocycles. The Morgan fingerprint density at radius 2 is 1.94 bits per heavy atom. The van der Waals surface area contributed by atoms with Gasteiger partial charge in [-0.3, -0.25) is 0 Å². The first kappa shape index (κ1) is 13.0. The summed E-state index contributed by atoms with van der Waals surface area (Å²) in [6, 6.07) is 5.73. The van der Waals surface area contributed by atoms with Gasteiger partial charge in [0.1, 0.15) is 5.60 Å². The van der Waals surface area contributed by atoms with Crippen LogP contribution in [0, 0.1) is 0 Å². The Labute approximate surface area is 99.9 Å². The molecule has 5 heteroatoms. The van der Waals surface area contributed by atoms with E-state index in [9.17, 15) is 9.59 Å².